The van der Waals surface area contributed by atoms with Crippen LogP contribution in [0.5, 0.6) is 5.75 Å². The fourth-order valence-electron chi connectivity index (χ4n) is 2.61. The first kappa shape index (κ1) is 20.0. The number of alkyl halides is 2. The molecule has 0 bridgehead atoms. The van der Waals surface area contributed by atoms with E-state index in [1.165, 1.54) is 31.2 Å². The fraction of sp³-hybridized carbons (Fsp3) is 0.200. The molecule has 5 nitrogen and oxygen atoms in total. The number of hydrogen-bond acceptors (Lipinski definition) is 3. The van der Waals surface area contributed by atoms with Gasteiger partial charge < -0.3 is 10.1 Å². The Hall–Kier alpha value is -2.74. The number of nitrogens with zero attached hydrogens (tertiary/aromatic N) is 1. The van der Waals surface area contributed by atoms with E-state index in [9.17, 15) is 13.6 Å². The smallest absolute Gasteiger partial charge is 0.274 e. The van der Waals surface area contributed by atoms with Crippen molar-refractivity contribution in [2.24, 2.45) is 0 Å². The molecule has 0 aliphatic heterocycles. The number of aromatic amines is 1. The maximum absolute atomic E-state index is 13.7. The van der Waals surface area contributed by atoms with Crippen LogP contribution in [0.2, 0.25) is 0 Å². The predicted molar refractivity (Wildman–Crippen MR) is 107 cm³/mol. The topological polar surface area (TPSA) is 67.0 Å². The quantitative estimate of drug-likeness (QED) is 0.514. The zero-order valence-corrected chi connectivity index (χ0v) is 16.8. The highest BCUT2D eigenvalue weighted by Gasteiger charge is 2.28. The number of methoxy groups -OCH3 is 1. The van der Waals surface area contributed by atoms with Gasteiger partial charge in [-0.3, -0.25) is 9.89 Å². The van der Waals surface area contributed by atoms with Gasteiger partial charge in [0, 0.05) is 23.2 Å². The molecule has 0 saturated heterocycles. The lowest BCUT2D eigenvalue weighted by molar-refractivity contribution is -0.00826. The maximum atomic E-state index is 13.7. The number of nitrogens with one attached hydrogen (secondary N) is 2. The molecule has 28 heavy (non-hydrogen) atoms. The minimum atomic E-state index is -2.89. The van der Waals surface area contributed by atoms with Gasteiger partial charge in [-0.15, -0.1) is 0 Å². The minimum Gasteiger partial charge on any atom is -0.497 e. The van der Waals surface area contributed by atoms with E-state index in [-0.39, 0.29) is 17.7 Å². The molecule has 146 valence electrons. The van der Waals surface area contributed by atoms with E-state index >= 15 is 0 Å². The number of anilines is 1. The molecule has 2 N–H and O–H groups in total. The Labute approximate surface area is 169 Å². The van der Waals surface area contributed by atoms with Crippen molar-refractivity contribution in [1.29, 1.82) is 0 Å². The molecule has 0 atom stereocenters. The molecule has 3 aromatic rings. The number of halogens is 3. The van der Waals surface area contributed by atoms with Crippen molar-refractivity contribution >= 4 is 27.5 Å². The minimum absolute atomic E-state index is 0.0856. The lowest BCUT2D eigenvalue weighted by atomic mass is 10.1. The van der Waals surface area contributed by atoms with Crippen molar-refractivity contribution < 1.29 is 18.3 Å². The second-order valence-corrected chi connectivity index (χ2v) is 6.87. The lowest BCUT2D eigenvalue weighted by Gasteiger charge is -2.14. The maximum Gasteiger partial charge on any atom is 0.274 e. The van der Waals surface area contributed by atoms with E-state index < -0.39 is 11.8 Å². The summed E-state index contributed by atoms with van der Waals surface area (Å²) in [5.41, 5.74) is 1.93. The number of amides is 1. The number of H-pyrrole nitrogens is 1. The lowest BCUT2D eigenvalue weighted by Crippen LogP contribution is -2.14. The van der Waals surface area contributed by atoms with Crippen molar-refractivity contribution in [3.63, 3.8) is 0 Å². The van der Waals surface area contributed by atoms with Crippen molar-refractivity contribution in [2.75, 3.05) is 12.4 Å². The summed E-state index contributed by atoms with van der Waals surface area (Å²) in [5.74, 6) is -2.61. The van der Waals surface area contributed by atoms with Gasteiger partial charge in [-0.05, 0) is 52.3 Å². The Morgan fingerprint density at radius 1 is 1.18 bits per heavy atom. The standard InChI is InChI=1S/C20H18BrF2N3O2/c1-3-20(22,23)13-6-8-14(9-7-13)24-19(27)18-16(21)17(25-26-18)12-4-10-15(28-2)11-5-12/h4-11H,3H2,1-2H3,(H,24,27)(H,25,26). The molecule has 0 aliphatic carbocycles. The van der Waals surface area contributed by atoms with Crippen LogP contribution in [0, 0.1) is 0 Å². The van der Waals surface area contributed by atoms with Gasteiger partial charge in [-0.25, -0.2) is 8.78 Å². The van der Waals surface area contributed by atoms with Gasteiger partial charge in [-0.2, -0.15) is 5.10 Å². The number of ether oxygens (including phenoxy) is 1. The molecule has 8 heteroatoms. The van der Waals surface area contributed by atoms with Gasteiger partial charge in [0.05, 0.1) is 11.6 Å². The highest BCUT2D eigenvalue weighted by Crippen LogP contribution is 2.33. The first-order chi connectivity index (χ1) is 13.4. The number of aromatic nitrogens is 2. The van der Waals surface area contributed by atoms with Crippen LogP contribution in [0.4, 0.5) is 14.5 Å². The third kappa shape index (κ3) is 4.06. The fourth-order valence-corrected chi connectivity index (χ4v) is 3.20. The van der Waals surface area contributed by atoms with Crippen LogP contribution in [0.1, 0.15) is 29.4 Å². The molecule has 0 radical (unpaired) electrons. The summed E-state index contributed by atoms with van der Waals surface area (Å²) in [6.45, 7) is 1.42. The van der Waals surface area contributed by atoms with E-state index in [0.29, 0.717) is 21.6 Å². The summed E-state index contributed by atoms with van der Waals surface area (Å²) in [6, 6.07) is 12.8. The second-order valence-electron chi connectivity index (χ2n) is 6.08. The first-order valence-electron chi connectivity index (χ1n) is 8.53. The molecule has 3 rings (SSSR count). The first-order valence-corrected chi connectivity index (χ1v) is 9.33. The summed E-state index contributed by atoms with van der Waals surface area (Å²) in [7, 11) is 1.58. The van der Waals surface area contributed by atoms with Gasteiger partial charge in [0.15, 0.2) is 0 Å². The van der Waals surface area contributed by atoms with Crippen molar-refractivity contribution in [1.82, 2.24) is 10.2 Å². The molecule has 0 spiro atoms. The third-order valence-corrected chi connectivity index (χ3v) is 5.08. The molecular weight excluding hydrogens is 432 g/mol. The normalized spacial score (nSPS) is 11.3. The summed E-state index contributed by atoms with van der Waals surface area (Å²) < 4.78 is 33.0. The Morgan fingerprint density at radius 2 is 1.82 bits per heavy atom. The SMILES string of the molecule is CCC(F)(F)c1ccc(NC(=O)c2[nH]nc(-c3ccc(OC)cc3)c2Br)cc1. The summed E-state index contributed by atoms with van der Waals surface area (Å²) in [5, 5.41) is 9.57. The predicted octanol–water partition coefficient (Wildman–Crippen LogP) is 5.60. The zero-order valence-electron chi connectivity index (χ0n) is 15.2. The van der Waals surface area contributed by atoms with Gasteiger partial charge in [0.25, 0.3) is 11.8 Å². The van der Waals surface area contributed by atoms with Crippen LogP contribution >= 0.6 is 15.9 Å². The average molecular weight is 450 g/mol. The van der Waals surface area contributed by atoms with E-state index in [1.807, 2.05) is 12.1 Å². The molecule has 0 fully saturated rings. The van der Waals surface area contributed by atoms with Crippen LogP contribution in [0.25, 0.3) is 11.3 Å². The van der Waals surface area contributed by atoms with Crippen molar-refractivity contribution in [2.45, 2.75) is 19.3 Å². The Bertz CT molecular complexity index is 970. The molecule has 2 aromatic carbocycles. The van der Waals surface area contributed by atoms with Gasteiger partial charge in [0.1, 0.15) is 17.1 Å². The van der Waals surface area contributed by atoms with Gasteiger partial charge >= 0.3 is 0 Å². The number of rotatable bonds is 6. The zero-order chi connectivity index (χ0) is 20.3. The highest BCUT2D eigenvalue weighted by molar-refractivity contribution is 9.10. The number of carbonyl (C=O) groups excluding carboxylic acids is 1. The van der Waals surface area contributed by atoms with E-state index in [4.69, 9.17) is 4.74 Å². The average Bonchev–Trinajstić information content (AvgIpc) is 3.10. The number of hydrogen-bond donors (Lipinski definition) is 2. The Balaban J connectivity index is 1.77. The van der Waals surface area contributed by atoms with E-state index in [0.717, 1.165) is 5.56 Å². The Kier molecular flexibility index (Phi) is 5.79. The number of carbonyl (C=O) groups is 1. The van der Waals surface area contributed by atoms with Crippen molar-refractivity contribution in [3.05, 3.63) is 64.3 Å². The van der Waals surface area contributed by atoms with Crippen molar-refractivity contribution in [3.8, 4) is 17.0 Å². The second kappa shape index (κ2) is 8.10. The third-order valence-electron chi connectivity index (χ3n) is 4.31. The molecule has 0 unspecified atom stereocenters. The number of benzene rings is 2. The highest BCUT2D eigenvalue weighted by atomic mass is 79.9. The summed E-state index contributed by atoms with van der Waals surface area (Å²) >= 11 is 3.40. The van der Waals surface area contributed by atoms with Crippen LogP contribution < -0.4 is 10.1 Å². The summed E-state index contributed by atoms with van der Waals surface area (Å²) in [4.78, 5) is 12.5. The molecule has 1 amide bonds. The largest absolute Gasteiger partial charge is 0.497 e. The molecular formula is C20H18BrF2N3O2. The van der Waals surface area contributed by atoms with Crippen LogP contribution in [0.15, 0.2) is 53.0 Å². The van der Waals surface area contributed by atoms with E-state index in [1.54, 1.807) is 19.2 Å². The van der Waals surface area contributed by atoms with Crippen LogP contribution in [-0.4, -0.2) is 23.2 Å². The molecule has 1 aromatic heterocycles. The monoisotopic (exact) mass is 449 g/mol. The summed E-state index contributed by atoms with van der Waals surface area (Å²) in [6.07, 6.45) is -0.284. The van der Waals surface area contributed by atoms with Crippen LogP contribution in [0.3, 0.4) is 0 Å². The molecule has 0 aliphatic rings. The van der Waals surface area contributed by atoms with E-state index in [2.05, 4.69) is 31.4 Å². The molecule has 1 heterocycles. The van der Waals surface area contributed by atoms with Crippen LogP contribution in [-0.2, 0) is 5.92 Å². The Morgan fingerprint density at radius 3 is 2.39 bits per heavy atom. The van der Waals surface area contributed by atoms with Gasteiger partial charge in [-0.1, -0.05) is 19.1 Å². The van der Waals surface area contributed by atoms with Gasteiger partial charge in [0.2, 0.25) is 0 Å². The molecule has 0 saturated carbocycles.